The van der Waals surface area contributed by atoms with Crippen LogP contribution in [0.4, 0.5) is 5.69 Å². The first-order chi connectivity index (χ1) is 10.8. The molecule has 1 heterocycles. The van der Waals surface area contributed by atoms with Crippen molar-refractivity contribution in [2.24, 2.45) is 5.92 Å². The maximum atomic E-state index is 12.2. The average molecular weight is 362 g/mol. The molecule has 8 heteroatoms. The van der Waals surface area contributed by atoms with Crippen molar-refractivity contribution in [1.82, 2.24) is 0 Å². The molecule has 0 aromatic heterocycles. The summed E-state index contributed by atoms with van der Waals surface area (Å²) in [6.07, 6.45) is 0.170. The lowest BCUT2D eigenvalue weighted by Crippen LogP contribution is -2.25. The largest absolute Gasteiger partial charge is 0.490 e. The summed E-state index contributed by atoms with van der Waals surface area (Å²) in [6.45, 7) is 5.06. The van der Waals surface area contributed by atoms with Crippen molar-refractivity contribution in [3.05, 3.63) is 18.2 Å². The topological polar surface area (TPSA) is 72.9 Å². The normalized spacial score (nSPS) is 18.3. The van der Waals surface area contributed by atoms with Crippen molar-refractivity contribution in [2.75, 3.05) is 30.4 Å². The first-order valence-electron chi connectivity index (χ1n) is 7.46. The summed E-state index contributed by atoms with van der Waals surface area (Å²) in [5.41, 5.74) is 0.663. The molecule has 128 valence electrons. The Morgan fingerprint density at radius 2 is 1.87 bits per heavy atom. The molecule has 0 N–H and O–H groups in total. The molecule has 1 atom stereocenters. The molecule has 0 radical (unpaired) electrons. The van der Waals surface area contributed by atoms with Gasteiger partial charge >= 0.3 is 0 Å². The van der Waals surface area contributed by atoms with E-state index in [0.29, 0.717) is 36.9 Å². The predicted octanol–water partition coefficient (Wildman–Crippen LogP) is 2.41. The molecule has 0 spiro atoms. The number of hydrogen-bond donors (Lipinski definition) is 0. The van der Waals surface area contributed by atoms with E-state index in [2.05, 4.69) is 0 Å². The lowest BCUT2D eigenvalue weighted by atomic mass is 10.1. The van der Waals surface area contributed by atoms with Crippen molar-refractivity contribution in [2.45, 2.75) is 20.3 Å². The van der Waals surface area contributed by atoms with Gasteiger partial charge in [-0.2, -0.15) is 0 Å². The van der Waals surface area contributed by atoms with E-state index >= 15 is 0 Å². The zero-order chi connectivity index (χ0) is 17.0. The van der Waals surface area contributed by atoms with Crippen LogP contribution in [-0.2, 0) is 13.8 Å². The van der Waals surface area contributed by atoms with E-state index < -0.39 is 9.05 Å². The van der Waals surface area contributed by atoms with Gasteiger partial charge in [0, 0.05) is 41.3 Å². The molecule has 1 saturated heterocycles. The van der Waals surface area contributed by atoms with Crippen LogP contribution in [0.3, 0.4) is 0 Å². The molecule has 6 nitrogen and oxygen atoms in total. The number of halogens is 1. The lowest BCUT2D eigenvalue weighted by molar-refractivity contribution is -0.117. The number of carbonyl (C=O) groups excluding carboxylic acids is 1. The van der Waals surface area contributed by atoms with E-state index in [1.54, 1.807) is 23.1 Å². The fourth-order valence-corrected chi connectivity index (χ4v) is 3.95. The Labute approximate surface area is 140 Å². The van der Waals surface area contributed by atoms with Crippen LogP contribution in [0.25, 0.3) is 0 Å². The number of ether oxygens (including phenoxy) is 2. The highest BCUT2D eigenvalue weighted by molar-refractivity contribution is 8.13. The molecule has 0 aliphatic carbocycles. The van der Waals surface area contributed by atoms with Gasteiger partial charge in [-0.05, 0) is 26.0 Å². The summed E-state index contributed by atoms with van der Waals surface area (Å²) in [5, 5.41) is 0. The Hall–Kier alpha value is -1.47. The Morgan fingerprint density at radius 3 is 2.48 bits per heavy atom. The third-order valence-electron chi connectivity index (χ3n) is 3.48. The highest BCUT2D eigenvalue weighted by atomic mass is 35.7. The van der Waals surface area contributed by atoms with Gasteiger partial charge in [0.1, 0.15) is 0 Å². The molecular formula is C15H20ClNO5S. The summed E-state index contributed by atoms with van der Waals surface area (Å²) in [4.78, 5) is 13.7. The number of amides is 1. The molecule has 1 aromatic rings. The second-order valence-corrected chi connectivity index (χ2v) is 8.10. The van der Waals surface area contributed by atoms with Crippen molar-refractivity contribution in [1.29, 1.82) is 0 Å². The molecule has 1 aliphatic rings. The molecule has 1 unspecified atom stereocenters. The quantitative estimate of drug-likeness (QED) is 0.697. The van der Waals surface area contributed by atoms with Crippen LogP contribution >= 0.6 is 10.7 Å². The SMILES string of the molecule is CCOc1ccc(N2CC(CS(=O)(=O)Cl)CC2=O)cc1OCC. The van der Waals surface area contributed by atoms with Gasteiger partial charge < -0.3 is 14.4 Å². The fraction of sp³-hybridized carbons (Fsp3) is 0.533. The number of anilines is 1. The lowest BCUT2D eigenvalue weighted by Gasteiger charge is -2.19. The molecule has 23 heavy (non-hydrogen) atoms. The van der Waals surface area contributed by atoms with Gasteiger partial charge in [-0.3, -0.25) is 4.79 Å². The number of hydrogen-bond acceptors (Lipinski definition) is 5. The molecule has 1 fully saturated rings. The van der Waals surface area contributed by atoms with Gasteiger partial charge in [-0.15, -0.1) is 0 Å². The minimum Gasteiger partial charge on any atom is -0.490 e. The second-order valence-electron chi connectivity index (χ2n) is 5.28. The molecule has 1 amide bonds. The van der Waals surface area contributed by atoms with Crippen molar-refractivity contribution in [3.8, 4) is 11.5 Å². The van der Waals surface area contributed by atoms with Crippen LogP contribution in [0.15, 0.2) is 18.2 Å². The standard InChI is InChI=1S/C15H20ClNO5S/c1-3-21-13-6-5-12(8-14(13)22-4-2)17-9-11(7-15(17)18)10-23(16,19)20/h5-6,8,11H,3-4,7,9-10H2,1-2H3. The first kappa shape index (κ1) is 17.9. The van der Waals surface area contributed by atoms with E-state index in [4.69, 9.17) is 20.2 Å². The minimum atomic E-state index is -3.62. The number of nitrogens with zero attached hydrogens (tertiary/aromatic N) is 1. The van der Waals surface area contributed by atoms with E-state index in [1.165, 1.54) is 0 Å². The smallest absolute Gasteiger partial charge is 0.232 e. The van der Waals surface area contributed by atoms with Crippen LogP contribution in [0, 0.1) is 5.92 Å². The van der Waals surface area contributed by atoms with Gasteiger partial charge in [-0.1, -0.05) is 0 Å². The van der Waals surface area contributed by atoms with Crippen LogP contribution in [0.5, 0.6) is 11.5 Å². The van der Waals surface area contributed by atoms with E-state index in [1.807, 2.05) is 13.8 Å². The molecule has 0 saturated carbocycles. The number of rotatable bonds is 7. The maximum absolute atomic E-state index is 12.2. The zero-order valence-corrected chi connectivity index (χ0v) is 14.7. The Morgan fingerprint density at radius 1 is 1.22 bits per heavy atom. The summed E-state index contributed by atoms with van der Waals surface area (Å²) >= 11 is 0. The monoisotopic (exact) mass is 361 g/mol. The minimum absolute atomic E-state index is 0.123. The van der Waals surface area contributed by atoms with Crippen molar-refractivity contribution in [3.63, 3.8) is 0 Å². The van der Waals surface area contributed by atoms with Crippen LogP contribution in [0.2, 0.25) is 0 Å². The fourth-order valence-electron chi connectivity index (χ4n) is 2.63. The molecular weight excluding hydrogens is 342 g/mol. The molecule has 1 aliphatic heterocycles. The summed E-state index contributed by atoms with van der Waals surface area (Å²) < 4.78 is 33.4. The van der Waals surface area contributed by atoms with Gasteiger partial charge in [0.15, 0.2) is 11.5 Å². The van der Waals surface area contributed by atoms with Crippen molar-refractivity contribution >= 4 is 31.3 Å². The predicted molar refractivity (Wildman–Crippen MR) is 88.9 cm³/mol. The second kappa shape index (κ2) is 7.40. The first-order valence-corrected chi connectivity index (χ1v) is 9.94. The van der Waals surface area contributed by atoms with Gasteiger partial charge in [0.25, 0.3) is 0 Å². The Kier molecular flexibility index (Phi) is 5.75. The maximum Gasteiger partial charge on any atom is 0.232 e. The number of carbonyl (C=O) groups is 1. The molecule has 2 rings (SSSR count). The molecule has 1 aromatic carbocycles. The Balaban J connectivity index is 2.21. The zero-order valence-electron chi connectivity index (χ0n) is 13.1. The highest BCUT2D eigenvalue weighted by Crippen LogP contribution is 2.35. The third-order valence-corrected chi connectivity index (χ3v) is 4.73. The highest BCUT2D eigenvalue weighted by Gasteiger charge is 2.33. The van der Waals surface area contributed by atoms with Gasteiger partial charge in [0.2, 0.25) is 15.0 Å². The summed E-state index contributed by atoms with van der Waals surface area (Å²) in [6, 6.07) is 5.26. The molecule has 0 bridgehead atoms. The van der Waals surface area contributed by atoms with Gasteiger partial charge in [-0.25, -0.2) is 8.42 Å². The van der Waals surface area contributed by atoms with Crippen LogP contribution in [0.1, 0.15) is 20.3 Å². The van der Waals surface area contributed by atoms with E-state index in [9.17, 15) is 13.2 Å². The van der Waals surface area contributed by atoms with Crippen LogP contribution < -0.4 is 14.4 Å². The van der Waals surface area contributed by atoms with E-state index in [-0.39, 0.29) is 24.0 Å². The van der Waals surface area contributed by atoms with Crippen LogP contribution in [-0.4, -0.2) is 39.8 Å². The van der Waals surface area contributed by atoms with Crippen molar-refractivity contribution < 1.29 is 22.7 Å². The number of benzene rings is 1. The Bertz CT molecular complexity index is 676. The summed E-state index contributed by atoms with van der Waals surface area (Å²) in [7, 11) is 1.66. The van der Waals surface area contributed by atoms with E-state index in [0.717, 1.165) is 0 Å². The van der Waals surface area contributed by atoms with Gasteiger partial charge in [0.05, 0.1) is 19.0 Å². The summed E-state index contributed by atoms with van der Waals surface area (Å²) in [5.74, 6) is 0.554. The average Bonchev–Trinajstić information content (AvgIpc) is 2.79. The third kappa shape index (κ3) is 4.75.